The van der Waals surface area contributed by atoms with Crippen LogP contribution < -0.4 is 4.90 Å². The molecule has 26 heavy (non-hydrogen) atoms. The van der Waals surface area contributed by atoms with Crippen molar-refractivity contribution in [3.05, 3.63) is 59.1 Å². The number of aromatic nitrogens is 1. The van der Waals surface area contributed by atoms with Crippen LogP contribution in [0.4, 0.5) is 5.69 Å². The Morgan fingerprint density at radius 3 is 2.92 bits per heavy atom. The maximum Gasteiger partial charge on any atom is 0.338 e. The fourth-order valence-electron chi connectivity index (χ4n) is 3.36. The number of nitrogens with zero attached hydrogens (tertiary/aromatic N) is 2. The molecule has 132 valence electrons. The van der Waals surface area contributed by atoms with E-state index in [1.54, 1.807) is 35.5 Å². The van der Waals surface area contributed by atoms with Gasteiger partial charge in [-0.3, -0.25) is 4.79 Å². The van der Waals surface area contributed by atoms with Crippen molar-refractivity contribution >= 4 is 39.1 Å². The summed E-state index contributed by atoms with van der Waals surface area (Å²) in [5.74, 6) is -0.698. The van der Waals surface area contributed by atoms with E-state index in [1.807, 2.05) is 31.2 Å². The van der Waals surface area contributed by atoms with Crippen molar-refractivity contribution < 1.29 is 14.3 Å². The Labute approximate surface area is 155 Å². The van der Waals surface area contributed by atoms with Crippen molar-refractivity contribution in [2.45, 2.75) is 32.4 Å². The van der Waals surface area contributed by atoms with Gasteiger partial charge in [-0.1, -0.05) is 18.2 Å². The van der Waals surface area contributed by atoms with Crippen molar-refractivity contribution in [1.82, 2.24) is 4.98 Å². The molecular weight excluding hydrogens is 348 g/mol. The monoisotopic (exact) mass is 366 g/mol. The van der Waals surface area contributed by atoms with E-state index in [4.69, 9.17) is 4.74 Å². The fraction of sp³-hybridized carbons (Fsp3) is 0.250. The summed E-state index contributed by atoms with van der Waals surface area (Å²) in [6.07, 6.45) is -0.0433. The molecule has 5 nitrogen and oxygen atoms in total. The molecule has 0 spiro atoms. The number of benzene rings is 2. The first-order valence-electron chi connectivity index (χ1n) is 8.50. The number of ether oxygens (including phenoxy) is 1. The van der Waals surface area contributed by atoms with E-state index < -0.39 is 12.1 Å². The maximum absolute atomic E-state index is 12.9. The van der Waals surface area contributed by atoms with Gasteiger partial charge in [0, 0.05) is 11.7 Å². The van der Waals surface area contributed by atoms with E-state index in [2.05, 4.69) is 4.98 Å². The molecule has 0 bridgehead atoms. The predicted molar refractivity (Wildman–Crippen MR) is 102 cm³/mol. The molecule has 0 saturated carbocycles. The molecule has 0 aliphatic carbocycles. The molecule has 1 amide bonds. The van der Waals surface area contributed by atoms with Crippen LogP contribution in [-0.4, -0.2) is 29.0 Å². The maximum atomic E-state index is 12.9. The highest BCUT2D eigenvalue weighted by Gasteiger charge is 2.34. The highest BCUT2D eigenvalue weighted by Crippen LogP contribution is 2.32. The lowest BCUT2D eigenvalue weighted by Gasteiger charge is -2.25. The Morgan fingerprint density at radius 2 is 2.08 bits per heavy atom. The van der Waals surface area contributed by atoms with E-state index in [0.717, 1.165) is 27.9 Å². The number of fused-ring (bicyclic) bond motifs is 2. The standard InChI is InChI=1S/C20H18N2O3S/c1-12-9-14-5-3-4-6-17(14)22(12)19(23)13(2)25-20(24)15-7-8-16-18(10-15)26-11-21-16/h3-8,10-13H,9H2,1-2H3/t12-,13-/m0/s1. The van der Waals surface area contributed by atoms with Gasteiger partial charge in [0.2, 0.25) is 0 Å². The number of esters is 1. The number of hydrogen-bond donors (Lipinski definition) is 0. The fourth-order valence-corrected chi connectivity index (χ4v) is 4.07. The van der Waals surface area contributed by atoms with Gasteiger partial charge < -0.3 is 9.64 Å². The zero-order valence-electron chi connectivity index (χ0n) is 14.5. The number of hydrogen-bond acceptors (Lipinski definition) is 5. The number of carbonyl (C=O) groups is 2. The summed E-state index contributed by atoms with van der Waals surface area (Å²) < 4.78 is 6.37. The highest BCUT2D eigenvalue weighted by molar-refractivity contribution is 7.16. The second-order valence-corrected chi connectivity index (χ2v) is 7.36. The van der Waals surface area contributed by atoms with Crippen LogP contribution in [0.15, 0.2) is 48.0 Å². The van der Waals surface area contributed by atoms with Gasteiger partial charge >= 0.3 is 5.97 Å². The molecule has 3 aromatic rings. The molecular formula is C20H18N2O3S. The molecule has 1 aliphatic rings. The zero-order valence-corrected chi connectivity index (χ0v) is 15.3. The Balaban J connectivity index is 1.51. The predicted octanol–water partition coefficient (Wildman–Crippen LogP) is 3.82. The minimum atomic E-state index is -0.853. The van der Waals surface area contributed by atoms with Crippen LogP contribution in [0.5, 0.6) is 0 Å². The molecule has 0 N–H and O–H groups in total. The lowest BCUT2D eigenvalue weighted by Crippen LogP contribution is -2.43. The summed E-state index contributed by atoms with van der Waals surface area (Å²) in [7, 11) is 0. The molecule has 0 unspecified atom stereocenters. The second-order valence-electron chi connectivity index (χ2n) is 6.47. The Bertz CT molecular complexity index is 997. The van der Waals surface area contributed by atoms with Gasteiger partial charge in [0.15, 0.2) is 6.10 Å². The van der Waals surface area contributed by atoms with E-state index >= 15 is 0 Å². The largest absolute Gasteiger partial charge is 0.449 e. The Kier molecular flexibility index (Phi) is 4.20. The summed E-state index contributed by atoms with van der Waals surface area (Å²) >= 11 is 1.46. The third kappa shape index (κ3) is 2.86. The molecule has 2 heterocycles. The highest BCUT2D eigenvalue weighted by atomic mass is 32.1. The minimum absolute atomic E-state index is 0.0506. The van der Waals surface area contributed by atoms with Gasteiger partial charge in [-0.25, -0.2) is 9.78 Å². The van der Waals surface area contributed by atoms with Crippen LogP contribution in [0.2, 0.25) is 0 Å². The number of amides is 1. The molecule has 1 aliphatic heterocycles. The van der Waals surface area contributed by atoms with Gasteiger partial charge in [0.25, 0.3) is 5.91 Å². The number of thiazole rings is 1. The van der Waals surface area contributed by atoms with Gasteiger partial charge in [-0.05, 0) is 50.1 Å². The van der Waals surface area contributed by atoms with Crippen molar-refractivity contribution in [3.8, 4) is 0 Å². The third-order valence-electron chi connectivity index (χ3n) is 4.64. The average molecular weight is 366 g/mol. The van der Waals surface area contributed by atoms with Crippen LogP contribution in [-0.2, 0) is 16.0 Å². The quantitative estimate of drug-likeness (QED) is 0.661. The smallest absolute Gasteiger partial charge is 0.338 e. The number of rotatable bonds is 3. The molecule has 6 heteroatoms. The molecule has 4 rings (SSSR count). The molecule has 2 atom stereocenters. The van der Waals surface area contributed by atoms with Crippen LogP contribution in [0, 0.1) is 0 Å². The minimum Gasteiger partial charge on any atom is -0.449 e. The number of para-hydroxylation sites is 1. The normalized spacial score (nSPS) is 17.2. The Morgan fingerprint density at radius 1 is 1.27 bits per heavy atom. The first-order valence-corrected chi connectivity index (χ1v) is 9.38. The average Bonchev–Trinajstić information content (AvgIpc) is 3.23. The molecule has 0 saturated heterocycles. The molecule has 1 aromatic heterocycles. The van der Waals surface area contributed by atoms with E-state index in [1.165, 1.54) is 11.3 Å². The molecule has 0 radical (unpaired) electrons. The third-order valence-corrected chi connectivity index (χ3v) is 5.43. The molecule has 2 aromatic carbocycles. The summed E-state index contributed by atoms with van der Waals surface area (Å²) in [5, 5.41) is 0. The summed E-state index contributed by atoms with van der Waals surface area (Å²) in [4.78, 5) is 31.3. The number of carbonyl (C=O) groups excluding carboxylic acids is 2. The second kappa shape index (κ2) is 6.53. The van der Waals surface area contributed by atoms with Gasteiger partial charge in [0.05, 0.1) is 21.3 Å². The first-order chi connectivity index (χ1) is 12.5. The topological polar surface area (TPSA) is 59.5 Å². The van der Waals surface area contributed by atoms with Crippen molar-refractivity contribution in [3.63, 3.8) is 0 Å². The molecule has 0 fully saturated rings. The zero-order chi connectivity index (χ0) is 18.3. The van der Waals surface area contributed by atoms with E-state index in [-0.39, 0.29) is 11.9 Å². The van der Waals surface area contributed by atoms with Crippen LogP contribution in [0.25, 0.3) is 10.2 Å². The van der Waals surface area contributed by atoms with Crippen LogP contribution in [0.3, 0.4) is 0 Å². The summed E-state index contributed by atoms with van der Waals surface area (Å²) in [5.41, 5.74) is 5.05. The van der Waals surface area contributed by atoms with Crippen molar-refractivity contribution in [1.29, 1.82) is 0 Å². The lowest BCUT2D eigenvalue weighted by atomic mass is 10.1. The summed E-state index contributed by atoms with van der Waals surface area (Å²) in [6.45, 7) is 3.63. The lowest BCUT2D eigenvalue weighted by molar-refractivity contribution is -0.126. The van der Waals surface area contributed by atoms with Crippen molar-refractivity contribution in [2.24, 2.45) is 0 Å². The van der Waals surface area contributed by atoms with Gasteiger partial charge in [-0.15, -0.1) is 11.3 Å². The van der Waals surface area contributed by atoms with Crippen LogP contribution >= 0.6 is 11.3 Å². The van der Waals surface area contributed by atoms with Gasteiger partial charge in [0.1, 0.15) is 0 Å². The first kappa shape index (κ1) is 16.7. The summed E-state index contributed by atoms with van der Waals surface area (Å²) in [6, 6.07) is 13.1. The van der Waals surface area contributed by atoms with Crippen molar-refractivity contribution in [2.75, 3.05) is 4.90 Å². The van der Waals surface area contributed by atoms with Crippen LogP contribution in [0.1, 0.15) is 29.8 Å². The Hall–Kier alpha value is -2.73. The van der Waals surface area contributed by atoms with E-state index in [0.29, 0.717) is 5.56 Å². The van der Waals surface area contributed by atoms with Gasteiger partial charge in [-0.2, -0.15) is 0 Å². The van der Waals surface area contributed by atoms with E-state index in [9.17, 15) is 9.59 Å². The SMILES string of the molecule is C[C@H](OC(=O)c1ccc2ncsc2c1)C(=O)N1c2ccccc2C[C@@H]1C. The number of anilines is 1.